The Kier molecular flexibility index (Phi) is 8.67. The number of hydrogen-bond donors (Lipinski definition) is 1. The van der Waals surface area contributed by atoms with Gasteiger partial charge in [-0.1, -0.05) is 23.2 Å². The number of rotatable bonds is 8. The first-order chi connectivity index (χ1) is 19.9. The zero-order valence-corrected chi connectivity index (χ0v) is 24.6. The van der Waals surface area contributed by atoms with Gasteiger partial charge >= 0.3 is 12.1 Å². The number of aryl methyl sites for hydroxylation is 1. The molecular weight excluding hydrogens is 620 g/mol. The summed E-state index contributed by atoms with van der Waals surface area (Å²) in [4.78, 5) is 31.6. The Balaban J connectivity index is 1.74. The molecule has 0 saturated heterocycles. The van der Waals surface area contributed by atoms with Gasteiger partial charge in [0.15, 0.2) is 17.3 Å². The Morgan fingerprint density at radius 2 is 1.72 bits per heavy atom. The van der Waals surface area contributed by atoms with Gasteiger partial charge in [-0.2, -0.15) is 42.0 Å². The molecule has 0 bridgehead atoms. The molecule has 228 valence electrons. The second-order valence-electron chi connectivity index (χ2n) is 10.6. The van der Waals surface area contributed by atoms with Gasteiger partial charge in [-0.05, 0) is 69.2 Å². The number of benzene rings is 1. The molecule has 4 aromatic rings. The number of ketones is 1. The minimum atomic E-state index is -5.87. The molecule has 0 fully saturated rings. The van der Waals surface area contributed by atoms with E-state index in [1.807, 2.05) is 0 Å². The van der Waals surface area contributed by atoms with E-state index < -0.39 is 41.6 Å². The Morgan fingerprint density at radius 1 is 1.02 bits per heavy atom. The lowest BCUT2D eigenvalue weighted by atomic mass is 9.95. The van der Waals surface area contributed by atoms with Crippen LogP contribution in [0.2, 0.25) is 10.0 Å². The molecule has 0 saturated carbocycles. The van der Waals surface area contributed by atoms with Crippen LogP contribution < -0.4 is 5.32 Å². The smallest absolute Gasteiger partial charge is 0.347 e. The van der Waals surface area contributed by atoms with Crippen LogP contribution in [0, 0.1) is 6.92 Å². The number of alkyl halides is 5. The van der Waals surface area contributed by atoms with E-state index in [4.69, 9.17) is 23.2 Å². The van der Waals surface area contributed by atoms with Crippen molar-refractivity contribution in [3.63, 3.8) is 0 Å². The number of carbonyl (C=O) groups is 2. The Labute approximate surface area is 252 Å². The Bertz CT molecular complexity index is 1690. The SMILES string of the molecule is Cc1cc(Cl)cc(C(=O)NC(C)(C)C)c1CC(=O)c1cc(Cn2ncc(C(F)(F)C(F)(F)F)n2)nn1-c1ncccc1Cl. The van der Waals surface area contributed by atoms with E-state index in [1.54, 1.807) is 39.8 Å². The van der Waals surface area contributed by atoms with Gasteiger partial charge in [0.25, 0.3) is 5.91 Å². The summed E-state index contributed by atoms with van der Waals surface area (Å²) in [6.45, 7) is 6.62. The third-order valence-electron chi connectivity index (χ3n) is 6.01. The van der Waals surface area contributed by atoms with Crippen molar-refractivity contribution in [2.45, 2.75) is 58.3 Å². The fraction of sp³-hybridized carbons (Fsp3) is 0.333. The minimum Gasteiger partial charge on any atom is -0.347 e. The molecule has 43 heavy (non-hydrogen) atoms. The molecule has 0 unspecified atom stereocenters. The average molecular weight is 644 g/mol. The van der Waals surface area contributed by atoms with E-state index in [0.717, 1.165) is 4.68 Å². The van der Waals surface area contributed by atoms with Crippen LogP contribution >= 0.6 is 23.2 Å². The van der Waals surface area contributed by atoms with E-state index in [9.17, 15) is 31.5 Å². The van der Waals surface area contributed by atoms with Gasteiger partial charge in [0.05, 0.1) is 16.9 Å². The predicted octanol–water partition coefficient (Wildman–Crippen LogP) is 6.13. The molecule has 3 aromatic heterocycles. The number of aromatic nitrogens is 6. The van der Waals surface area contributed by atoms with Crippen molar-refractivity contribution in [1.29, 1.82) is 0 Å². The summed E-state index contributed by atoms with van der Waals surface area (Å²) in [7, 11) is 0. The molecule has 0 aliphatic carbocycles. The quantitative estimate of drug-likeness (QED) is 0.183. The van der Waals surface area contributed by atoms with Crippen LogP contribution in [-0.2, 0) is 18.9 Å². The van der Waals surface area contributed by atoms with Crippen LogP contribution in [0.15, 0.2) is 42.7 Å². The van der Waals surface area contributed by atoms with Gasteiger partial charge in [-0.15, -0.1) is 0 Å². The zero-order chi connectivity index (χ0) is 31.9. The van der Waals surface area contributed by atoms with Crippen LogP contribution in [0.25, 0.3) is 5.82 Å². The lowest BCUT2D eigenvalue weighted by Gasteiger charge is -2.22. The van der Waals surface area contributed by atoms with Crippen molar-refractivity contribution in [2.24, 2.45) is 0 Å². The van der Waals surface area contributed by atoms with E-state index >= 15 is 0 Å². The van der Waals surface area contributed by atoms with Gasteiger partial charge < -0.3 is 5.32 Å². The standard InChI is InChI=1S/C27H24Cl2F5N7O2/c1-14-8-15(28)9-18(24(43)37-25(2,3)4)17(14)11-21(42)20-10-16(38-41(20)23-19(29)6-5-7-35-23)13-40-36-12-22(39-40)26(30,31)27(32,33)34/h5-10,12H,11,13H2,1-4H3,(H,37,43). The highest BCUT2D eigenvalue weighted by Gasteiger charge is 2.60. The minimum absolute atomic E-state index is 0.0288. The average Bonchev–Trinajstić information content (AvgIpc) is 3.52. The number of hydrogen-bond acceptors (Lipinski definition) is 6. The third kappa shape index (κ3) is 7.02. The van der Waals surface area contributed by atoms with Crippen LogP contribution in [0.5, 0.6) is 0 Å². The summed E-state index contributed by atoms with van der Waals surface area (Å²) in [5, 5.41) is 14.3. The predicted molar refractivity (Wildman–Crippen MR) is 147 cm³/mol. The molecule has 0 atom stereocenters. The molecule has 1 amide bonds. The second-order valence-corrected chi connectivity index (χ2v) is 11.5. The second kappa shape index (κ2) is 11.6. The van der Waals surface area contributed by atoms with Crippen molar-refractivity contribution >= 4 is 34.9 Å². The fourth-order valence-corrected chi connectivity index (χ4v) is 4.55. The fourth-order valence-electron chi connectivity index (χ4n) is 4.08. The molecule has 0 radical (unpaired) electrons. The van der Waals surface area contributed by atoms with Crippen molar-refractivity contribution < 1.29 is 31.5 Å². The van der Waals surface area contributed by atoms with Gasteiger partial charge in [0.2, 0.25) is 0 Å². The number of nitrogens with one attached hydrogen (secondary N) is 1. The first kappa shape index (κ1) is 32.0. The van der Waals surface area contributed by atoms with Crippen molar-refractivity contribution in [3.8, 4) is 5.82 Å². The summed E-state index contributed by atoms with van der Waals surface area (Å²) in [5.74, 6) is -6.15. The van der Waals surface area contributed by atoms with E-state index in [2.05, 4.69) is 25.6 Å². The van der Waals surface area contributed by atoms with E-state index in [1.165, 1.54) is 24.4 Å². The highest BCUT2D eigenvalue weighted by Crippen LogP contribution is 2.42. The van der Waals surface area contributed by atoms with Gasteiger partial charge in [-0.3, -0.25) is 9.59 Å². The monoisotopic (exact) mass is 643 g/mol. The first-order valence-corrected chi connectivity index (χ1v) is 13.3. The van der Waals surface area contributed by atoms with Crippen molar-refractivity contribution in [1.82, 2.24) is 35.1 Å². The summed E-state index contributed by atoms with van der Waals surface area (Å²) in [6.07, 6.45) is -4.45. The summed E-state index contributed by atoms with van der Waals surface area (Å²) in [5.41, 5.74) is -1.05. The van der Waals surface area contributed by atoms with Gasteiger partial charge in [0, 0.05) is 28.7 Å². The maximum Gasteiger partial charge on any atom is 0.459 e. The number of pyridine rings is 1. The van der Waals surface area contributed by atoms with Crippen molar-refractivity contribution in [2.75, 3.05) is 0 Å². The lowest BCUT2D eigenvalue weighted by Crippen LogP contribution is -2.41. The molecule has 1 aromatic carbocycles. The molecule has 4 rings (SSSR count). The number of amides is 1. The van der Waals surface area contributed by atoms with Crippen molar-refractivity contribution in [3.05, 3.63) is 86.5 Å². The molecule has 1 N–H and O–H groups in total. The topological polar surface area (TPSA) is 108 Å². The first-order valence-electron chi connectivity index (χ1n) is 12.6. The molecule has 9 nitrogen and oxygen atoms in total. The van der Waals surface area contributed by atoms with E-state index in [0.29, 0.717) is 27.1 Å². The van der Waals surface area contributed by atoms with Gasteiger partial charge in [0.1, 0.15) is 12.2 Å². The van der Waals surface area contributed by atoms with Crippen LogP contribution in [-0.4, -0.2) is 53.2 Å². The van der Waals surface area contributed by atoms with Crippen LogP contribution in [0.3, 0.4) is 0 Å². The van der Waals surface area contributed by atoms with Gasteiger partial charge in [-0.25, -0.2) is 9.67 Å². The summed E-state index contributed by atoms with van der Waals surface area (Å²) < 4.78 is 66.9. The number of carbonyl (C=O) groups excluding carboxylic acids is 2. The number of nitrogens with zero attached hydrogens (tertiary/aromatic N) is 6. The molecule has 0 aliphatic heterocycles. The zero-order valence-electron chi connectivity index (χ0n) is 23.1. The molecule has 0 spiro atoms. The lowest BCUT2D eigenvalue weighted by molar-refractivity contribution is -0.291. The highest BCUT2D eigenvalue weighted by atomic mass is 35.5. The third-order valence-corrected chi connectivity index (χ3v) is 6.52. The molecule has 16 heteroatoms. The summed E-state index contributed by atoms with van der Waals surface area (Å²) >= 11 is 12.5. The maximum atomic E-state index is 13.8. The number of halogens is 7. The maximum absolute atomic E-state index is 13.8. The highest BCUT2D eigenvalue weighted by molar-refractivity contribution is 6.32. The normalized spacial score (nSPS) is 12.4. The molecular formula is C27H24Cl2F5N7O2. The summed E-state index contributed by atoms with van der Waals surface area (Å²) in [6, 6.07) is 7.39. The molecule has 3 heterocycles. The molecule has 0 aliphatic rings. The largest absolute Gasteiger partial charge is 0.459 e. The van der Waals surface area contributed by atoms with Crippen LogP contribution in [0.1, 0.15) is 64.1 Å². The van der Waals surface area contributed by atoms with E-state index in [-0.39, 0.29) is 34.2 Å². The Morgan fingerprint density at radius 3 is 2.35 bits per heavy atom. The number of Topliss-reactive ketones (excluding diaryl/α,β-unsaturated/α-hetero) is 1. The van der Waals surface area contributed by atoms with Crippen LogP contribution in [0.4, 0.5) is 22.0 Å². The Hall–Kier alpha value is -3.91.